The lowest BCUT2D eigenvalue weighted by molar-refractivity contribution is 0.0187. The fourth-order valence-electron chi connectivity index (χ4n) is 2.87. The van der Waals surface area contributed by atoms with Gasteiger partial charge in [-0.25, -0.2) is 4.98 Å². The molecule has 0 saturated carbocycles. The van der Waals surface area contributed by atoms with Crippen LogP contribution < -0.4 is 10.9 Å². The van der Waals surface area contributed by atoms with Gasteiger partial charge in [-0.05, 0) is 17.7 Å². The van der Waals surface area contributed by atoms with Crippen LogP contribution in [0.4, 0.5) is 5.82 Å². The SMILES string of the molecule is Cn1ccnc(NC[C@@H](c2cccc(Cl)c2)N2CCOCC2)c1=O. The highest BCUT2D eigenvalue weighted by Gasteiger charge is 2.23. The molecule has 0 spiro atoms. The number of rotatable bonds is 5. The van der Waals surface area contributed by atoms with Crippen molar-refractivity contribution in [1.29, 1.82) is 0 Å². The molecule has 3 rings (SSSR count). The number of anilines is 1. The second kappa shape index (κ2) is 7.79. The van der Waals surface area contributed by atoms with Crippen molar-refractivity contribution in [1.82, 2.24) is 14.5 Å². The molecule has 0 aliphatic carbocycles. The molecule has 0 unspecified atom stereocenters. The normalized spacial score (nSPS) is 16.8. The highest BCUT2D eigenvalue weighted by Crippen LogP contribution is 2.24. The lowest BCUT2D eigenvalue weighted by atomic mass is 10.0. The van der Waals surface area contributed by atoms with Crippen molar-refractivity contribution in [3.05, 3.63) is 57.6 Å². The van der Waals surface area contributed by atoms with Crippen LogP contribution in [0.1, 0.15) is 11.6 Å². The Kier molecular flexibility index (Phi) is 5.50. The Bertz CT molecular complexity index is 743. The van der Waals surface area contributed by atoms with E-state index in [0.717, 1.165) is 18.7 Å². The minimum absolute atomic E-state index is 0.0966. The maximum atomic E-state index is 12.1. The van der Waals surface area contributed by atoms with Gasteiger partial charge in [0.2, 0.25) is 0 Å². The van der Waals surface area contributed by atoms with E-state index in [1.54, 1.807) is 19.4 Å². The summed E-state index contributed by atoms with van der Waals surface area (Å²) in [6, 6.07) is 7.94. The maximum absolute atomic E-state index is 12.1. The Balaban J connectivity index is 1.81. The summed E-state index contributed by atoms with van der Waals surface area (Å²) in [5, 5.41) is 3.91. The molecular weight excluding hydrogens is 328 g/mol. The van der Waals surface area contributed by atoms with E-state index in [4.69, 9.17) is 16.3 Å². The van der Waals surface area contributed by atoms with E-state index in [-0.39, 0.29) is 11.6 Å². The molecule has 2 aromatic rings. The van der Waals surface area contributed by atoms with Gasteiger partial charge in [0, 0.05) is 44.1 Å². The Hall–Kier alpha value is -1.89. The van der Waals surface area contributed by atoms with E-state index in [0.29, 0.717) is 30.6 Å². The summed E-state index contributed by atoms with van der Waals surface area (Å²) >= 11 is 6.16. The van der Waals surface area contributed by atoms with E-state index in [9.17, 15) is 4.79 Å². The van der Waals surface area contributed by atoms with Crippen molar-refractivity contribution in [2.24, 2.45) is 7.05 Å². The topological polar surface area (TPSA) is 59.4 Å². The van der Waals surface area contributed by atoms with Gasteiger partial charge in [-0.1, -0.05) is 23.7 Å². The molecule has 1 aromatic heterocycles. The molecule has 1 N–H and O–H groups in total. The van der Waals surface area contributed by atoms with Gasteiger partial charge < -0.3 is 14.6 Å². The van der Waals surface area contributed by atoms with Gasteiger partial charge in [0.1, 0.15) is 0 Å². The molecule has 24 heavy (non-hydrogen) atoms. The van der Waals surface area contributed by atoms with Crippen LogP contribution in [0.5, 0.6) is 0 Å². The van der Waals surface area contributed by atoms with Crippen LogP contribution in [0.25, 0.3) is 0 Å². The second-order valence-electron chi connectivity index (χ2n) is 5.79. The summed E-state index contributed by atoms with van der Waals surface area (Å²) < 4.78 is 6.97. The Morgan fingerprint density at radius 2 is 2.17 bits per heavy atom. The number of hydrogen-bond acceptors (Lipinski definition) is 5. The zero-order valence-corrected chi connectivity index (χ0v) is 14.4. The summed E-state index contributed by atoms with van der Waals surface area (Å²) in [4.78, 5) is 18.6. The van der Waals surface area contributed by atoms with E-state index in [1.807, 2.05) is 18.2 Å². The molecule has 1 aromatic carbocycles. The van der Waals surface area contributed by atoms with Gasteiger partial charge in [0.15, 0.2) is 5.82 Å². The third-order valence-electron chi connectivity index (χ3n) is 4.20. The summed E-state index contributed by atoms with van der Waals surface area (Å²) in [7, 11) is 1.71. The molecule has 128 valence electrons. The number of aromatic nitrogens is 2. The van der Waals surface area contributed by atoms with Gasteiger partial charge in [-0.15, -0.1) is 0 Å². The van der Waals surface area contributed by atoms with Crippen molar-refractivity contribution in [2.75, 3.05) is 38.2 Å². The Morgan fingerprint density at radius 3 is 2.92 bits per heavy atom. The van der Waals surface area contributed by atoms with E-state index >= 15 is 0 Å². The number of ether oxygens (including phenoxy) is 1. The first-order valence-electron chi connectivity index (χ1n) is 7.98. The van der Waals surface area contributed by atoms with Crippen LogP contribution in [-0.4, -0.2) is 47.3 Å². The minimum atomic E-state index is -0.135. The van der Waals surface area contributed by atoms with Gasteiger partial charge in [0.25, 0.3) is 5.56 Å². The highest BCUT2D eigenvalue weighted by atomic mass is 35.5. The number of halogens is 1. The summed E-state index contributed by atoms with van der Waals surface area (Å²) in [5.41, 5.74) is 0.981. The Morgan fingerprint density at radius 1 is 1.38 bits per heavy atom. The standard InChI is InChI=1S/C17H21ClN4O2/c1-21-6-5-19-16(17(21)23)20-12-15(22-7-9-24-10-8-22)13-3-2-4-14(18)11-13/h2-6,11,15H,7-10,12H2,1H3,(H,19,20)/t15-/m0/s1. The van der Waals surface area contributed by atoms with Crippen LogP contribution >= 0.6 is 11.6 Å². The minimum Gasteiger partial charge on any atom is -0.379 e. The first-order valence-corrected chi connectivity index (χ1v) is 8.36. The quantitative estimate of drug-likeness (QED) is 0.894. The van der Waals surface area contributed by atoms with Crippen molar-refractivity contribution >= 4 is 17.4 Å². The molecule has 0 amide bonds. The van der Waals surface area contributed by atoms with Crippen LogP contribution in [0.2, 0.25) is 5.02 Å². The van der Waals surface area contributed by atoms with Gasteiger partial charge in [-0.3, -0.25) is 9.69 Å². The lowest BCUT2D eigenvalue weighted by Gasteiger charge is -2.35. The first kappa shape index (κ1) is 17.0. The monoisotopic (exact) mass is 348 g/mol. The number of aryl methyl sites for hydroxylation is 1. The fourth-order valence-corrected chi connectivity index (χ4v) is 3.07. The average molecular weight is 349 g/mol. The molecule has 1 aliphatic rings. The van der Waals surface area contributed by atoms with Crippen molar-refractivity contribution < 1.29 is 4.74 Å². The zero-order valence-electron chi connectivity index (χ0n) is 13.6. The van der Waals surface area contributed by atoms with Crippen molar-refractivity contribution in [2.45, 2.75) is 6.04 Å². The lowest BCUT2D eigenvalue weighted by Crippen LogP contribution is -2.42. The smallest absolute Gasteiger partial charge is 0.293 e. The fraction of sp³-hybridized carbons (Fsp3) is 0.412. The second-order valence-corrected chi connectivity index (χ2v) is 6.23. The first-order chi connectivity index (χ1) is 11.6. The molecular formula is C17H21ClN4O2. The molecule has 1 atom stereocenters. The van der Waals surface area contributed by atoms with Gasteiger partial charge in [0.05, 0.1) is 19.3 Å². The molecule has 2 heterocycles. The number of nitrogens with one attached hydrogen (secondary N) is 1. The van der Waals surface area contributed by atoms with Crippen LogP contribution in [0.15, 0.2) is 41.5 Å². The molecule has 0 bridgehead atoms. The predicted octanol–water partition coefficient (Wildman–Crippen LogP) is 1.92. The Labute approximate surface area is 146 Å². The van der Waals surface area contributed by atoms with Gasteiger partial charge in [-0.2, -0.15) is 0 Å². The number of hydrogen-bond donors (Lipinski definition) is 1. The molecule has 6 nitrogen and oxygen atoms in total. The summed E-state index contributed by atoms with van der Waals surface area (Å²) in [6.07, 6.45) is 3.26. The summed E-state index contributed by atoms with van der Waals surface area (Å²) in [5.74, 6) is 0.361. The van der Waals surface area contributed by atoms with Crippen LogP contribution in [0, 0.1) is 0 Å². The largest absolute Gasteiger partial charge is 0.379 e. The molecule has 1 fully saturated rings. The van der Waals surface area contributed by atoms with Crippen molar-refractivity contribution in [3.63, 3.8) is 0 Å². The molecule has 0 radical (unpaired) electrons. The third-order valence-corrected chi connectivity index (χ3v) is 4.43. The van der Waals surface area contributed by atoms with E-state index in [1.165, 1.54) is 4.57 Å². The molecule has 1 saturated heterocycles. The zero-order chi connectivity index (χ0) is 16.9. The number of benzene rings is 1. The highest BCUT2D eigenvalue weighted by molar-refractivity contribution is 6.30. The summed E-state index contributed by atoms with van der Waals surface area (Å²) in [6.45, 7) is 3.69. The maximum Gasteiger partial charge on any atom is 0.293 e. The molecule has 7 heteroatoms. The average Bonchev–Trinajstić information content (AvgIpc) is 2.60. The molecule has 1 aliphatic heterocycles. The predicted molar refractivity (Wildman–Crippen MR) is 94.6 cm³/mol. The van der Waals surface area contributed by atoms with Crippen LogP contribution in [-0.2, 0) is 11.8 Å². The van der Waals surface area contributed by atoms with Crippen LogP contribution in [0.3, 0.4) is 0 Å². The van der Waals surface area contributed by atoms with E-state index in [2.05, 4.69) is 21.3 Å². The van der Waals surface area contributed by atoms with Crippen molar-refractivity contribution in [3.8, 4) is 0 Å². The number of nitrogens with zero attached hydrogens (tertiary/aromatic N) is 3. The third kappa shape index (κ3) is 3.95. The van der Waals surface area contributed by atoms with Gasteiger partial charge >= 0.3 is 0 Å². The van der Waals surface area contributed by atoms with E-state index < -0.39 is 0 Å². The number of morpholine rings is 1.